The van der Waals surface area contributed by atoms with E-state index in [9.17, 15) is 4.79 Å². The molecule has 23 heavy (non-hydrogen) atoms. The summed E-state index contributed by atoms with van der Waals surface area (Å²) in [6.45, 7) is 2.23. The first-order chi connectivity index (χ1) is 11.3. The molecule has 2 aromatic rings. The van der Waals surface area contributed by atoms with Crippen LogP contribution in [0.2, 0.25) is 0 Å². The molecule has 124 valence electrons. The van der Waals surface area contributed by atoms with Crippen LogP contribution in [0, 0.1) is 0 Å². The topological polar surface area (TPSA) is 58.6 Å². The van der Waals surface area contributed by atoms with Gasteiger partial charge in [-0.05, 0) is 12.0 Å². The maximum absolute atomic E-state index is 12.1. The standard InChI is InChI=1S/C18H25N3OS/c1-2-3-4-5-6-10-13-23-18-19-17(22)16(20-21-18)14-15-11-8-7-9-12-15/h7-9,11-12H,2-6,10,13-14H2,1H3,(H,19,21,22). The Bertz CT molecular complexity index is 628. The average molecular weight is 331 g/mol. The Morgan fingerprint density at radius 1 is 1.00 bits per heavy atom. The summed E-state index contributed by atoms with van der Waals surface area (Å²) in [4.78, 5) is 14.9. The first kappa shape index (κ1) is 17.7. The molecule has 0 spiro atoms. The van der Waals surface area contributed by atoms with Crippen LogP contribution >= 0.6 is 11.8 Å². The van der Waals surface area contributed by atoms with E-state index < -0.39 is 0 Å². The van der Waals surface area contributed by atoms with E-state index in [1.807, 2.05) is 30.3 Å². The zero-order valence-electron chi connectivity index (χ0n) is 13.8. The number of hydrogen-bond acceptors (Lipinski definition) is 4. The lowest BCUT2D eigenvalue weighted by Gasteiger charge is -2.03. The van der Waals surface area contributed by atoms with Gasteiger partial charge in [0.2, 0.25) is 0 Å². The fraction of sp³-hybridized carbons (Fsp3) is 0.500. The van der Waals surface area contributed by atoms with Crippen molar-refractivity contribution in [2.75, 3.05) is 5.75 Å². The minimum atomic E-state index is -0.130. The SMILES string of the molecule is CCCCCCCCSc1nnc(Cc2ccccc2)c(=O)[nH]1. The van der Waals surface area contributed by atoms with Crippen LogP contribution in [0.4, 0.5) is 0 Å². The molecular formula is C18H25N3OS. The number of aromatic nitrogens is 3. The van der Waals surface area contributed by atoms with Gasteiger partial charge < -0.3 is 0 Å². The first-order valence-corrected chi connectivity index (χ1v) is 9.40. The van der Waals surface area contributed by atoms with Crippen LogP contribution in [0.1, 0.15) is 56.7 Å². The van der Waals surface area contributed by atoms with Crippen LogP contribution in [0.15, 0.2) is 40.3 Å². The van der Waals surface area contributed by atoms with Crippen LogP contribution in [-0.2, 0) is 6.42 Å². The Balaban J connectivity index is 1.77. The normalized spacial score (nSPS) is 10.8. The lowest BCUT2D eigenvalue weighted by atomic mass is 10.1. The Labute approximate surface area is 142 Å². The van der Waals surface area contributed by atoms with Gasteiger partial charge in [0.15, 0.2) is 5.16 Å². The third kappa shape index (κ3) is 6.57. The zero-order valence-corrected chi connectivity index (χ0v) is 14.6. The summed E-state index contributed by atoms with van der Waals surface area (Å²) in [6.07, 6.45) is 8.15. The molecule has 0 aliphatic rings. The van der Waals surface area contributed by atoms with Crippen molar-refractivity contribution in [1.82, 2.24) is 15.2 Å². The van der Waals surface area contributed by atoms with Crippen molar-refractivity contribution in [3.63, 3.8) is 0 Å². The van der Waals surface area contributed by atoms with Crippen LogP contribution in [0.25, 0.3) is 0 Å². The maximum Gasteiger partial charge on any atom is 0.273 e. The zero-order chi connectivity index (χ0) is 16.3. The fourth-order valence-electron chi connectivity index (χ4n) is 2.37. The largest absolute Gasteiger partial charge is 0.298 e. The van der Waals surface area contributed by atoms with Crippen molar-refractivity contribution >= 4 is 11.8 Å². The molecule has 5 heteroatoms. The Hall–Kier alpha value is -1.62. The van der Waals surface area contributed by atoms with Gasteiger partial charge in [-0.2, -0.15) is 0 Å². The summed E-state index contributed by atoms with van der Waals surface area (Å²) in [7, 11) is 0. The molecule has 0 atom stereocenters. The average Bonchev–Trinajstić information content (AvgIpc) is 2.57. The lowest BCUT2D eigenvalue weighted by Crippen LogP contribution is -2.17. The quantitative estimate of drug-likeness (QED) is 0.523. The van der Waals surface area contributed by atoms with E-state index in [0.29, 0.717) is 17.3 Å². The number of nitrogens with one attached hydrogen (secondary N) is 1. The monoisotopic (exact) mass is 331 g/mol. The van der Waals surface area contributed by atoms with Gasteiger partial charge >= 0.3 is 0 Å². The Morgan fingerprint density at radius 3 is 2.48 bits per heavy atom. The maximum atomic E-state index is 12.1. The van der Waals surface area contributed by atoms with E-state index in [-0.39, 0.29) is 5.56 Å². The molecule has 1 heterocycles. The molecule has 0 unspecified atom stereocenters. The van der Waals surface area contributed by atoms with Crippen molar-refractivity contribution in [2.24, 2.45) is 0 Å². The second-order valence-corrected chi connectivity index (χ2v) is 6.77. The van der Waals surface area contributed by atoms with Crippen LogP contribution in [0.5, 0.6) is 0 Å². The molecule has 1 N–H and O–H groups in total. The number of rotatable bonds is 10. The highest BCUT2D eigenvalue weighted by Gasteiger charge is 2.06. The van der Waals surface area contributed by atoms with Crippen molar-refractivity contribution in [3.05, 3.63) is 51.9 Å². The van der Waals surface area contributed by atoms with Crippen LogP contribution < -0.4 is 5.56 Å². The highest BCUT2D eigenvalue weighted by atomic mass is 32.2. The predicted octanol–water partition coefficient (Wildman–Crippen LogP) is 4.21. The molecule has 0 radical (unpaired) electrons. The van der Waals surface area contributed by atoms with Gasteiger partial charge in [-0.25, -0.2) is 0 Å². The van der Waals surface area contributed by atoms with Gasteiger partial charge in [0, 0.05) is 12.2 Å². The number of hydrogen-bond donors (Lipinski definition) is 1. The van der Waals surface area contributed by atoms with Crippen LogP contribution in [-0.4, -0.2) is 20.9 Å². The predicted molar refractivity (Wildman–Crippen MR) is 96.0 cm³/mol. The number of H-pyrrole nitrogens is 1. The second kappa shape index (κ2) is 10.2. The Kier molecular flexibility index (Phi) is 7.87. The molecular weight excluding hydrogens is 306 g/mol. The van der Waals surface area contributed by atoms with E-state index in [2.05, 4.69) is 22.1 Å². The summed E-state index contributed by atoms with van der Waals surface area (Å²) in [5.74, 6) is 0.981. The molecule has 1 aromatic carbocycles. The first-order valence-electron chi connectivity index (χ1n) is 8.42. The molecule has 0 aliphatic carbocycles. The number of nitrogens with zero attached hydrogens (tertiary/aromatic N) is 2. The molecule has 0 saturated carbocycles. The number of thioether (sulfide) groups is 1. The summed E-state index contributed by atoms with van der Waals surface area (Å²) in [6, 6.07) is 9.86. The molecule has 0 saturated heterocycles. The van der Waals surface area contributed by atoms with Crippen molar-refractivity contribution in [1.29, 1.82) is 0 Å². The van der Waals surface area contributed by atoms with Gasteiger partial charge in [0.05, 0.1) is 0 Å². The molecule has 0 amide bonds. The Morgan fingerprint density at radius 2 is 1.74 bits per heavy atom. The molecule has 4 nitrogen and oxygen atoms in total. The highest BCUT2D eigenvalue weighted by molar-refractivity contribution is 7.99. The molecule has 0 bridgehead atoms. The smallest absolute Gasteiger partial charge is 0.273 e. The summed E-state index contributed by atoms with van der Waals surface area (Å²) in [5, 5.41) is 8.86. The molecule has 0 aliphatic heterocycles. The third-order valence-electron chi connectivity index (χ3n) is 3.70. The number of aromatic amines is 1. The van der Waals surface area contributed by atoms with Crippen molar-refractivity contribution < 1.29 is 0 Å². The molecule has 0 fully saturated rings. The van der Waals surface area contributed by atoms with Crippen molar-refractivity contribution in [2.45, 2.75) is 57.0 Å². The van der Waals surface area contributed by atoms with Gasteiger partial charge in [0.1, 0.15) is 5.69 Å². The second-order valence-electron chi connectivity index (χ2n) is 5.68. The third-order valence-corrected chi connectivity index (χ3v) is 4.65. The van der Waals surface area contributed by atoms with Gasteiger partial charge in [-0.15, -0.1) is 10.2 Å². The van der Waals surface area contributed by atoms with E-state index in [0.717, 1.165) is 17.7 Å². The van der Waals surface area contributed by atoms with Gasteiger partial charge in [-0.3, -0.25) is 9.78 Å². The van der Waals surface area contributed by atoms with Crippen LogP contribution in [0.3, 0.4) is 0 Å². The lowest BCUT2D eigenvalue weighted by molar-refractivity contribution is 0.626. The summed E-state index contributed by atoms with van der Waals surface area (Å²) < 4.78 is 0. The number of benzene rings is 1. The van der Waals surface area contributed by atoms with Gasteiger partial charge in [-0.1, -0.05) is 81.1 Å². The van der Waals surface area contributed by atoms with Crippen molar-refractivity contribution in [3.8, 4) is 0 Å². The van der Waals surface area contributed by atoms with Gasteiger partial charge in [0.25, 0.3) is 5.56 Å². The van der Waals surface area contributed by atoms with E-state index in [1.54, 1.807) is 11.8 Å². The van der Waals surface area contributed by atoms with E-state index in [4.69, 9.17) is 0 Å². The molecule has 2 rings (SSSR count). The van der Waals surface area contributed by atoms with E-state index >= 15 is 0 Å². The summed E-state index contributed by atoms with van der Waals surface area (Å²) >= 11 is 1.58. The fourth-order valence-corrected chi connectivity index (χ4v) is 3.17. The van der Waals surface area contributed by atoms with E-state index in [1.165, 1.54) is 32.1 Å². The summed E-state index contributed by atoms with van der Waals surface area (Å²) in [5.41, 5.74) is 1.41. The minimum absolute atomic E-state index is 0.130. The number of unbranched alkanes of at least 4 members (excludes halogenated alkanes) is 5. The highest BCUT2D eigenvalue weighted by Crippen LogP contribution is 2.14. The minimum Gasteiger partial charge on any atom is -0.298 e. The molecule has 1 aromatic heterocycles.